The fourth-order valence-corrected chi connectivity index (χ4v) is 1.71. The fraction of sp³-hybridized carbons (Fsp3) is 0.889. The van der Waals surface area contributed by atoms with Crippen molar-refractivity contribution >= 4 is 12.4 Å². The van der Waals surface area contributed by atoms with Crippen LogP contribution in [0.2, 0.25) is 0 Å². The fourth-order valence-electron chi connectivity index (χ4n) is 1.71. The van der Waals surface area contributed by atoms with Gasteiger partial charge in [-0.3, -0.25) is 0 Å². The third kappa shape index (κ3) is 2.66. The molecule has 0 bridgehead atoms. The minimum atomic E-state index is -0.0352. The molecule has 2 nitrogen and oxygen atoms in total. The van der Waals surface area contributed by atoms with Crippen molar-refractivity contribution < 1.29 is 0 Å². The van der Waals surface area contributed by atoms with E-state index >= 15 is 0 Å². The van der Waals surface area contributed by atoms with Gasteiger partial charge in [0.05, 0.1) is 11.5 Å². The maximum Gasteiger partial charge on any atom is 0.0688 e. The van der Waals surface area contributed by atoms with Crippen LogP contribution in [0.5, 0.6) is 0 Å². The molecule has 0 aromatic rings. The molecule has 0 spiro atoms. The highest BCUT2D eigenvalue weighted by Crippen LogP contribution is 2.39. The van der Waals surface area contributed by atoms with Gasteiger partial charge in [0.1, 0.15) is 0 Å². The van der Waals surface area contributed by atoms with E-state index in [9.17, 15) is 0 Å². The molecule has 0 aliphatic heterocycles. The number of hydrogen-bond acceptors (Lipinski definition) is 2. The summed E-state index contributed by atoms with van der Waals surface area (Å²) in [6.07, 6.45) is 2.03. The number of rotatable bonds is 2. The highest BCUT2D eigenvalue weighted by molar-refractivity contribution is 5.85. The van der Waals surface area contributed by atoms with E-state index in [-0.39, 0.29) is 17.8 Å². The molecule has 70 valence electrons. The number of hydrogen-bond donors (Lipinski definition) is 1. The van der Waals surface area contributed by atoms with E-state index in [2.05, 4.69) is 25.2 Å². The monoisotopic (exact) mass is 188 g/mol. The predicted molar refractivity (Wildman–Crippen MR) is 52.3 cm³/mol. The second kappa shape index (κ2) is 4.11. The largest absolute Gasteiger partial charge is 0.312 e. The SMILES string of the molecule is CC(C)NC1CC(C)(C#N)C1.Cl. The first-order chi connectivity index (χ1) is 5.06. The topological polar surface area (TPSA) is 35.8 Å². The van der Waals surface area contributed by atoms with Gasteiger partial charge in [-0.1, -0.05) is 13.8 Å². The normalized spacial score (nSPS) is 33.4. The Balaban J connectivity index is 0.00000121. The van der Waals surface area contributed by atoms with Crippen molar-refractivity contribution in [1.29, 1.82) is 5.26 Å². The maximum absolute atomic E-state index is 8.72. The number of nitriles is 1. The van der Waals surface area contributed by atoms with Crippen molar-refractivity contribution in [2.45, 2.75) is 45.7 Å². The zero-order chi connectivity index (χ0) is 8.48. The maximum atomic E-state index is 8.72. The van der Waals surface area contributed by atoms with Gasteiger partial charge in [-0.2, -0.15) is 5.26 Å². The summed E-state index contributed by atoms with van der Waals surface area (Å²) in [5.74, 6) is 0. The van der Waals surface area contributed by atoms with E-state index in [0.29, 0.717) is 12.1 Å². The van der Waals surface area contributed by atoms with Crippen molar-refractivity contribution in [3.63, 3.8) is 0 Å². The smallest absolute Gasteiger partial charge is 0.0688 e. The molecule has 0 aromatic heterocycles. The third-order valence-electron chi connectivity index (χ3n) is 2.23. The van der Waals surface area contributed by atoms with Gasteiger partial charge >= 0.3 is 0 Å². The molecule has 0 radical (unpaired) electrons. The first-order valence-corrected chi connectivity index (χ1v) is 4.23. The van der Waals surface area contributed by atoms with Crippen molar-refractivity contribution in [1.82, 2.24) is 5.32 Å². The highest BCUT2D eigenvalue weighted by Gasteiger charge is 2.40. The van der Waals surface area contributed by atoms with E-state index in [1.165, 1.54) is 0 Å². The first-order valence-electron chi connectivity index (χ1n) is 4.23. The summed E-state index contributed by atoms with van der Waals surface area (Å²) < 4.78 is 0. The zero-order valence-electron chi connectivity index (χ0n) is 7.92. The molecule has 1 fully saturated rings. The molecule has 1 saturated carbocycles. The summed E-state index contributed by atoms with van der Waals surface area (Å²) in [5.41, 5.74) is -0.0352. The Morgan fingerprint density at radius 2 is 2.00 bits per heavy atom. The van der Waals surface area contributed by atoms with Crippen molar-refractivity contribution in [2.24, 2.45) is 5.41 Å². The first kappa shape index (κ1) is 11.7. The lowest BCUT2D eigenvalue weighted by atomic mass is 9.68. The molecule has 0 unspecified atom stereocenters. The summed E-state index contributed by atoms with van der Waals surface area (Å²) in [5, 5.41) is 12.1. The Morgan fingerprint density at radius 3 is 2.33 bits per heavy atom. The molecule has 0 aromatic carbocycles. The Morgan fingerprint density at radius 1 is 1.50 bits per heavy atom. The van der Waals surface area contributed by atoms with Crippen LogP contribution in [0.15, 0.2) is 0 Å². The van der Waals surface area contributed by atoms with E-state index in [1.54, 1.807) is 0 Å². The average molecular weight is 189 g/mol. The molecule has 0 atom stereocenters. The van der Waals surface area contributed by atoms with E-state index in [4.69, 9.17) is 5.26 Å². The lowest BCUT2D eigenvalue weighted by Crippen LogP contribution is -2.48. The summed E-state index contributed by atoms with van der Waals surface area (Å²) in [7, 11) is 0. The summed E-state index contributed by atoms with van der Waals surface area (Å²) >= 11 is 0. The Bertz CT molecular complexity index is 177. The summed E-state index contributed by atoms with van der Waals surface area (Å²) in [6, 6.07) is 3.47. The van der Waals surface area contributed by atoms with Crippen LogP contribution in [0.1, 0.15) is 33.6 Å². The van der Waals surface area contributed by atoms with E-state index < -0.39 is 0 Å². The molecular formula is C9H17ClN2. The van der Waals surface area contributed by atoms with Crippen molar-refractivity contribution in [3.05, 3.63) is 0 Å². The van der Waals surface area contributed by atoms with Gasteiger partial charge < -0.3 is 5.32 Å². The van der Waals surface area contributed by atoms with Gasteiger partial charge in [0.2, 0.25) is 0 Å². The van der Waals surface area contributed by atoms with Gasteiger partial charge in [0, 0.05) is 12.1 Å². The second-order valence-electron chi connectivity index (χ2n) is 4.10. The molecule has 0 heterocycles. The Kier molecular flexibility index (Phi) is 4.02. The van der Waals surface area contributed by atoms with Crippen LogP contribution in [0.4, 0.5) is 0 Å². The molecule has 0 amide bonds. The quantitative estimate of drug-likeness (QED) is 0.721. The molecule has 12 heavy (non-hydrogen) atoms. The summed E-state index contributed by atoms with van der Waals surface area (Å²) in [6.45, 7) is 6.32. The van der Waals surface area contributed by atoms with Gasteiger partial charge in [-0.05, 0) is 19.8 Å². The van der Waals surface area contributed by atoms with Crippen LogP contribution in [-0.2, 0) is 0 Å². The molecule has 0 saturated heterocycles. The Hall–Kier alpha value is -0.260. The molecule has 3 heteroatoms. The van der Waals surface area contributed by atoms with Crippen LogP contribution in [0.25, 0.3) is 0 Å². The minimum Gasteiger partial charge on any atom is -0.312 e. The average Bonchev–Trinajstić information content (AvgIpc) is 1.83. The molecule has 1 aliphatic rings. The van der Waals surface area contributed by atoms with Gasteiger partial charge in [0.25, 0.3) is 0 Å². The zero-order valence-corrected chi connectivity index (χ0v) is 8.74. The van der Waals surface area contributed by atoms with Gasteiger partial charge in [0.15, 0.2) is 0 Å². The van der Waals surface area contributed by atoms with Gasteiger partial charge in [-0.25, -0.2) is 0 Å². The minimum absolute atomic E-state index is 0. The van der Waals surface area contributed by atoms with Crippen molar-refractivity contribution in [3.8, 4) is 6.07 Å². The molecule has 1 N–H and O–H groups in total. The number of nitrogens with one attached hydrogen (secondary N) is 1. The van der Waals surface area contributed by atoms with Crippen LogP contribution >= 0.6 is 12.4 Å². The molecular weight excluding hydrogens is 172 g/mol. The second-order valence-corrected chi connectivity index (χ2v) is 4.10. The molecule has 1 rings (SSSR count). The predicted octanol–water partition coefficient (Wildman–Crippen LogP) is 2.10. The molecule has 1 aliphatic carbocycles. The standard InChI is InChI=1S/C9H16N2.ClH/c1-7(2)11-8-4-9(3,5-8)6-10;/h7-8,11H,4-5H2,1-3H3;1H. The summed E-state index contributed by atoms with van der Waals surface area (Å²) in [4.78, 5) is 0. The lowest BCUT2D eigenvalue weighted by Gasteiger charge is -2.41. The highest BCUT2D eigenvalue weighted by atomic mass is 35.5. The van der Waals surface area contributed by atoms with E-state index in [0.717, 1.165) is 12.8 Å². The number of nitrogens with zero attached hydrogens (tertiary/aromatic N) is 1. The third-order valence-corrected chi connectivity index (χ3v) is 2.23. The lowest BCUT2D eigenvalue weighted by molar-refractivity contribution is 0.160. The van der Waals surface area contributed by atoms with Crippen LogP contribution < -0.4 is 5.32 Å². The Labute approximate surface area is 80.7 Å². The van der Waals surface area contributed by atoms with Crippen molar-refractivity contribution in [2.75, 3.05) is 0 Å². The van der Waals surface area contributed by atoms with E-state index in [1.807, 2.05) is 6.92 Å². The van der Waals surface area contributed by atoms with Crippen LogP contribution in [0.3, 0.4) is 0 Å². The number of halogens is 1. The van der Waals surface area contributed by atoms with Crippen LogP contribution in [0, 0.1) is 16.7 Å². The van der Waals surface area contributed by atoms with Crippen LogP contribution in [-0.4, -0.2) is 12.1 Å². The van der Waals surface area contributed by atoms with Gasteiger partial charge in [-0.15, -0.1) is 12.4 Å².